The minimum atomic E-state index is -0.812. The largest absolute Gasteiger partial charge is 0.508 e. The lowest BCUT2D eigenvalue weighted by atomic mass is 9.94. The zero-order valence-corrected chi connectivity index (χ0v) is 19.7. The molecule has 0 aromatic heterocycles. The molecule has 1 aromatic carbocycles. The van der Waals surface area contributed by atoms with Crippen LogP contribution in [-0.4, -0.2) is 41.3 Å². The van der Waals surface area contributed by atoms with Gasteiger partial charge in [0.15, 0.2) is 0 Å². The van der Waals surface area contributed by atoms with Crippen LogP contribution in [0.2, 0.25) is 0 Å². The second-order valence-electron chi connectivity index (χ2n) is 8.12. The number of aromatic hydroxyl groups is 2. The number of hydrogen-bond donors (Lipinski definition) is 2. The van der Waals surface area contributed by atoms with Gasteiger partial charge in [-0.15, -0.1) is 0 Å². The minimum Gasteiger partial charge on any atom is -0.508 e. The highest BCUT2D eigenvalue weighted by molar-refractivity contribution is 6.05. The molecule has 0 aliphatic carbocycles. The molecule has 6 nitrogen and oxygen atoms in total. The van der Waals surface area contributed by atoms with Gasteiger partial charge in [0.05, 0.1) is 12.7 Å². The molecule has 0 saturated carbocycles. The second kappa shape index (κ2) is 12.8. The van der Waals surface area contributed by atoms with Gasteiger partial charge in [0.25, 0.3) is 5.91 Å². The van der Waals surface area contributed by atoms with Crippen molar-refractivity contribution in [3.63, 3.8) is 0 Å². The van der Waals surface area contributed by atoms with Crippen molar-refractivity contribution >= 4 is 12.0 Å². The number of benzene rings is 1. The highest BCUT2D eigenvalue weighted by Crippen LogP contribution is 2.36. The van der Waals surface area contributed by atoms with E-state index in [1.54, 1.807) is 0 Å². The Morgan fingerprint density at radius 2 is 1.81 bits per heavy atom. The summed E-state index contributed by atoms with van der Waals surface area (Å²) >= 11 is 0. The molecule has 0 aliphatic rings. The third kappa shape index (κ3) is 7.78. The number of rotatable bonds is 10. The van der Waals surface area contributed by atoms with Crippen LogP contribution in [0, 0.1) is 0 Å². The van der Waals surface area contributed by atoms with E-state index in [1.807, 2.05) is 13.0 Å². The average molecular weight is 432 g/mol. The number of ether oxygens (including phenoxy) is 1. The van der Waals surface area contributed by atoms with Gasteiger partial charge in [-0.25, -0.2) is 9.69 Å². The molecule has 31 heavy (non-hydrogen) atoms. The fraction of sp³-hybridized carbons (Fsp3) is 0.520. The third-order valence-electron chi connectivity index (χ3n) is 5.23. The van der Waals surface area contributed by atoms with Crippen molar-refractivity contribution in [2.75, 3.05) is 14.2 Å². The lowest BCUT2D eigenvalue weighted by molar-refractivity contribution is 0.0747. The van der Waals surface area contributed by atoms with Gasteiger partial charge in [0.1, 0.15) is 11.5 Å². The molecule has 1 aromatic rings. The summed E-state index contributed by atoms with van der Waals surface area (Å²) in [7, 11) is 2.50. The van der Waals surface area contributed by atoms with E-state index in [0.717, 1.165) is 42.6 Å². The van der Waals surface area contributed by atoms with E-state index >= 15 is 0 Å². The summed E-state index contributed by atoms with van der Waals surface area (Å²) in [6, 6.07) is 1.54. The van der Waals surface area contributed by atoms with E-state index < -0.39 is 12.0 Å². The summed E-state index contributed by atoms with van der Waals surface area (Å²) < 4.78 is 4.64. The first kappa shape index (κ1) is 26.3. The first-order valence-electron chi connectivity index (χ1n) is 10.9. The van der Waals surface area contributed by atoms with Crippen LogP contribution in [0.25, 0.3) is 0 Å². The number of hydrogen-bond acceptors (Lipinski definition) is 5. The first-order valence-corrected chi connectivity index (χ1v) is 10.9. The van der Waals surface area contributed by atoms with Crippen LogP contribution in [-0.2, 0) is 17.6 Å². The van der Waals surface area contributed by atoms with Crippen molar-refractivity contribution in [2.24, 2.45) is 0 Å². The monoisotopic (exact) mass is 431 g/mol. The molecule has 0 fully saturated rings. The Labute approximate surface area is 186 Å². The molecular formula is C25H37NO5. The zero-order chi connectivity index (χ0) is 23.6. The number of carbonyl (C=O) groups excluding carboxylic acids is 2. The topological polar surface area (TPSA) is 87.1 Å². The quantitative estimate of drug-likeness (QED) is 0.355. The number of phenols is 2. The van der Waals surface area contributed by atoms with Crippen molar-refractivity contribution in [3.8, 4) is 11.5 Å². The number of nitrogens with zero attached hydrogens (tertiary/aromatic N) is 1. The van der Waals surface area contributed by atoms with Crippen LogP contribution in [0.1, 0.15) is 81.3 Å². The van der Waals surface area contributed by atoms with E-state index in [-0.39, 0.29) is 29.0 Å². The van der Waals surface area contributed by atoms with Crippen LogP contribution in [0.5, 0.6) is 11.5 Å². The van der Waals surface area contributed by atoms with Gasteiger partial charge in [-0.05, 0) is 64.5 Å². The molecule has 0 radical (unpaired) electrons. The van der Waals surface area contributed by atoms with E-state index in [0.29, 0.717) is 12.0 Å². The van der Waals surface area contributed by atoms with Gasteiger partial charge < -0.3 is 14.9 Å². The highest BCUT2D eigenvalue weighted by atomic mass is 16.5. The molecule has 2 N–H and O–H groups in total. The molecule has 1 rings (SSSR count). The van der Waals surface area contributed by atoms with Crippen molar-refractivity contribution in [3.05, 3.63) is 46.1 Å². The lowest BCUT2D eigenvalue weighted by Crippen LogP contribution is -2.33. The Morgan fingerprint density at radius 3 is 2.39 bits per heavy atom. The van der Waals surface area contributed by atoms with Crippen molar-refractivity contribution in [2.45, 2.75) is 72.6 Å². The number of allylic oxidation sites excluding steroid dienone is 4. The number of phenolic OH excluding ortho intramolecular Hbond substituents is 2. The highest BCUT2D eigenvalue weighted by Gasteiger charge is 2.27. The predicted octanol–water partition coefficient (Wildman–Crippen LogP) is 5.90. The van der Waals surface area contributed by atoms with Gasteiger partial charge in [0, 0.05) is 12.6 Å². The molecule has 6 heteroatoms. The van der Waals surface area contributed by atoms with E-state index in [1.165, 1.54) is 25.8 Å². The van der Waals surface area contributed by atoms with Crippen LogP contribution in [0.15, 0.2) is 29.4 Å². The van der Waals surface area contributed by atoms with E-state index in [9.17, 15) is 19.8 Å². The summed E-state index contributed by atoms with van der Waals surface area (Å²) in [4.78, 5) is 25.7. The molecule has 0 atom stereocenters. The molecule has 2 amide bonds. The Balaban J connectivity index is 3.30. The number of aryl methyl sites for hydroxylation is 1. The van der Waals surface area contributed by atoms with Gasteiger partial charge >= 0.3 is 6.09 Å². The van der Waals surface area contributed by atoms with Crippen molar-refractivity contribution in [1.29, 1.82) is 0 Å². The van der Waals surface area contributed by atoms with Gasteiger partial charge in [0.2, 0.25) is 0 Å². The number of carbonyl (C=O) groups is 2. The SMILES string of the molecule is CCCCCc1cc(O)c(C/C=C(\C)CCC=C(C)C)c(O)c1C(=O)N(C)C(=O)OC. The van der Waals surface area contributed by atoms with Crippen LogP contribution in [0.4, 0.5) is 4.79 Å². The third-order valence-corrected chi connectivity index (χ3v) is 5.23. The van der Waals surface area contributed by atoms with Crippen molar-refractivity contribution < 1.29 is 24.5 Å². The molecular weight excluding hydrogens is 394 g/mol. The number of imide groups is 1. The van der Waals surface area contributed by atoms with E-state index in [2.05, 4.69) is 31.6 Å². The Bertz CT molecular complexity index is 835. The van der Waals surface area contributed by atoms with Crippen LogP contribution >= 0.6 is 0 Å². The summed E-state index contributed by atoms with van der Waals surface area (Å²) in [6.07, 6.45) is 8.66. The number of unbranched alkanes of at least 4 members (excludes halogenated alkanes) is 2. The van der Waals surface area contributed by atoms with Crippen LogP contribution in [0.3, 0.4) is 0 Å². The summed E-state index contributed by atoms with van der Waals surface area (Å²) in [6.45, 7) is 8.19. The lowest BCUT2D eigenvalue weighted by Gasteiger charge is -2.19. The normalized spacial score (nSPS) is 11.2. The van der Waals surface area contributed by atoms with Crippen molar-refractivity contribution in [1.82, 2.24) is 4.90 Å². The first-order chi connectivity index (χ1) is 14.6. The molecule has 0 saturated heterocycles. The Kier molecular flexibility index (Phi) is 10.9. The van der Waals surface area contributed by atoms with Gasteiger partial charge in [-0.2, -0.15) is 0 Å². The molecule has 0 heterocycles. The Morgan fingerprint density at radius 1 is 1.13 bits per heavy atom. The molecule has 0 bridgehead atoms. The maximum Gasteiger partial charge on any atom is 0.416 e. The fourth-order valence-corrected chi connectivity index (χ4v) is 3.31. The zero-order valence-electron chi connectivity index (χ0n) is 19.7. The van der Waals surface area contributed by atoms with Gasteiger partial charge in [-0.1, -0.05) is 43.1 Å². The molecule has 0 spiro atoms. The summed E-state index contributed by atoms with van der Waals surface area (Å²) in [5, 5.41) is 21.5. The maximum atomic E-state index is 13.0. The Hall–Kier alpha value is -2.76. The predicted molar refractivity (Wildman–Crippen MR) is 124 cm³/mol. The maximum absolute atomic E-state index is 13.0. The fourth-order valence-electron chi connectivity index (χ4n) is 3.31. The number of methoxy groups -OCH3 is 1. The number of amides is 2. The van der Waals surface area contributed by atoms with Gasteiger partial charge in [-0.3, -0.25) is 4.79 Å². The van der Waals surface area contributed by atoms with Crippen LogP contribution < -0.4 is 0 Å². The standard InChI is InChI=1S/C25H37NO5/c1-7-8-9-13-19-16-21(27)20(15-14-18(4)12-10-11-17(2)3)23(28)22(19)24(29)26(5)25(30)31-6/h11,14,16,27-28H,7-10,12-13,15H2,1-6H3/b18-14+. The smallest absolute Gasteiger partial charge is 0.416 e. The molecule has 0 unspecified atom stereocenters. The second-order valence-corrected chi connectivity index (χ2v) is 8.12. The summed E-state index contributed by atoms with van der Waals surface area (Å²) in [5.41, 5.74) is 3.24. The molecule has 172 valence electrons. The van der Waals surface area contributed by atoms with E-state index in [4.69, 9.17) is 0 Å². The minimum absolute atomic E-state index is 0.0466. The summed E-state index contributed by atoms with van der Waals surface area (Å²) in [5.74, 6) is -0.975. The average Bonchev–Trinajstić information content (AvgIpc) is 2.71. The molecule has 0 aliphatic heterocycles.